The van der Waals surface area contributed by atoms with Gasteiger partial charge >= 0.3 is 0 Å². The Bertz CT molecular complexity index is 809. The van der Waals surface area contributed by atoms with Crippen molar-refractivity contribution in [2.45, 2.75) is 45.7 Å². The van der Waals surface area contributed by atoms with Crippen LogP contribution >= 0.6 is 0 Å². The summed E-state index contributed by atoms with van der Waals surface area (Å²) in [6, 6.07) is 26.5. The fraction of sp³-hybridized carbons (Fsp3) is 0.333. The smallest absolute Gasteiger partial charge is 0.0359 e. The Hall–Kier alpha value is -2.12. The molecule has 0 aliphatic heterocycles. The lowest BCUT2D eigenvalue weighted by Gasteiger charge is -2.34. The third kappa shape index (κ3) is 4.49. The Balaban J connectivity index is 1.99. The molecule has 0 saturated heterocycles. The summed E-state index contributed by atoms with van der Waals surface area (Å²) < 4.78 is 0. The highest BCUT2D eigenvalue weighted by atomic mass is 15.0. The average molecular weight is 332 g/mol. The van der Waals surface area contributed by atoms with Crippen molar-refractivity contribution in [3.63, 3.8) is 0 Å². The van der Waals surface area contributed by atoms with Crippen LogP contribution in [0, 0.1) is 5.92 Å². The molecule has 2 atom stereocenters. The van der Waals surface area contributed by atoms with Crippen LogP contribution in [0.2, 0.25) is 0 Å². The number of rotatable bonds is 5. The molecule has 0 aromatic heterocycles. The van der Waals surface area contributed by atoms with Gasteiger partial charge < -0.3 is 5.32 Å². The highest BCUT2D eigenvalue weighted by Gasteiger charge is 2.25. The Labute approximate surface area is 152 Å². The molecule has 0 radical (unpaired) electrons. The van der Waals surface area contributed by atoms with E-state index in [2.05, 4.69) is 106 Å². The minimum atomic E-state index is 0.0621. The summed E-state index contributed by atoms with van der Waals surface area (Å²) in [7, 11) is 0. The summed E-state index contributed by atoms with van der Waals surface area (Å²) in [6.07, 6.45) is 1.07. The van der Waals surface area contributed by atoms with Gasteiger partial charge in [0.05, 0.1) is 0 Å². The second kappa shape index (κ2) is 7.41. The molecule has 0 spiro atoms. The summed E-state index contributed by atoms with van der Waals surface area (Å²) in [5.74, 6) is 0.493. The van der Waals surface area contributed by atoms with E-state index in [1.165, 1.54) is 21.9 Å². The van der Waals surface area contributed by atoms with Gasteiger partial charge in [0.25, 0.3) is 0 Å². The van der Waals surface area contributed by atoms with Gasteiger partial charge in [-0.2, -0.15) is 0 Å². The first kappa shape index (κ1) is 17.7. The maximum absolute atomic E-state index is 3.88. The van der Waals surface area contributed by atoms with Gasteiger partial charge in [-0.1, -0.05) is 79.7 Å². The molecule has 0 fully saturated rings. The van der Waals surface area contributed by atoms with Gasteiger partial charge in [-0.3, -0.25) is 0 Å². The van der Waals surface area contributed by atoms with Crippen molar-refractivity contribution in [1.82, 2.24) is 5.32 Å². The van der Waals surface area contributed by atoms with Crippen LogP contribution in [0.5, 0.6) is 0 Å². The molecule has 3 aromatic carbocycles. The molecule has 0 saturated carbocycles. The number of hydrogen-bond donors (Lipinski definition) is 1. The van der Waals surface area contributed by atoms with Crippen molar-refractivity contribution in [3.8, 4) is 0 Å². The first-order valence-corrected chi connectivity index (χ1v) is 9.23. The molecule has 3 aromatic rings. The number of benzene rings is 3. The van der Waals surface area contributed by atoms with Crippen LogP contribution in [0.15, 0.2) is 72.8 Å². The average Bonchev–Trinajstić information content (AvgIpc) is 2.59. The molecule has 0 aliphatic rings. The summed E-state index contributed by atoms with van der Waals surface area (Å²) in [4.78, 5) is 0. The van der Waals surface area contributed by atoms with E-state index in [0.717, 1.165) is 6.42 Å². The first-order chi connectivity index (χ1) is 11.9. The number of hydrogen-bond acceptors (Lipinski definition) is 1. The molecule has 1 heteroatoms. The van der Waals surface area contributed by atoms with Crippen molar-refractivity contribution in [2.24, 2.45) is 5.92 Å². The summed E-state index contributed by atoms with van der Waals surface area (Å²) in [5.41, 5.74) is 2.86. The minimum Gasteiger partial charge on any atom is -0.305 e. The largest absolute Gasteiger partial charge is 0.305 e. The lowest BCUT2D eigenvalue weighted by atomic mass is 9.85. The highest BCUT2D eigenvalue weighted by molar-refractivity contribution is 5.86. The molecule has 2 unspecified atom stereocenters. The van der Waals surface area contributed by atoms with Crippen molar-refractivity contribution in [1.29, 1.82) is 0 Å². The van der Waals surface area contributed by atoms with Gasteiger partial charge in [-0.05, 0) is 55.0 Å². The Morgan fingerprint density at radius 3 is 2.16 bits per heavy atom. The van der Waals surface area contributed by atoms with Gasteiger partial charge in [-0.25, -0.2) is 0 Å². The van der Waals surface area contributed by atoms with Crippen molar-refractivity contribution in [3.05, 3.63) is 83.9 Å². The molecular weight excluding hydrogens is 302 g/mol. The van der Waals surface area contributed by atoms with Crippen molar-refractivity contribution in [2.75, 3.05) is 0 Å². The van der Waals surface area contributed by atoms with Crippen LogP contribution in [-0.4, -0.2) is 5.54 Å². The fourth-order valence-electron chi connectivity index (χ4n) is 3.62. The Kier molecular flexibility index (Phi) is 5.24. The van der Waals surface area contributed by atoms with E-state index in [1.807, 2.05) is 0 Å². The van der Waals surface area contributed by atoms with E-state index < -0.39 is 0 Å². The van der Waals surface area contributed by atoms with E-state index in [9.17, 15) is 0 Å². The Morgan fingerprint density at radius 1 is 0.800 bits per heavy atom. The van der Waals surface area contributed by atoms with E-state index in [4.69, 9.17) is 0 Å². The monoisotopic (exact) mass is 331 g/mol. The lowest BCUT2D eigenvalue weighted by molar-refractivity contribution is 0.296. The molecule has 0 heterocycles. The zero-order chi connectivity index (χ0) is 17.9. The third-order valence-corrected chi connectivity index (χ3v) is 4.72. The van der Waals surface area contributed by atoms with Gasteiger partial charge in [0.15, 0.2) is 0 Å². The number of nitrogens with one attached hydrogen (secondary N) is 1. The van der Waals surface area contributed by atoms with Crippen LogP contribution in [0.1, 0.15) is 44.9 Å². The molecule has 0 amide bonds. The molecule has 0 aliphatic carbocycles. The molecule has 0 bridgehead atoms. The van der Waals surface area contributed by atoms with E-state index in [-0.39, 0.29) is 5.54 Å². The first-order valence-electron chi connectivity index (χ1n) is 9.23. The zero-order valence-electron chi connectivity index (χ0n) is 15.8. The molecule has 3 rings (SSSR count). The van der Waals surface area contributed by atoms with Crippen LogP contribution in [0.25, 0.3) is 10.8 Å². The van der Waals surface area contributed by atoms with Crippen LogP contribution in [-0.2, 0) is 6.42 Å². The molecular formula is C24H29N. The third-order valence-electron chi connectivity index (χ3n) is 4.72. The maximum atomic E-state index is 3.88. The fourth-order valence-corrected chi connectivity index (χ4v) is 3.62. The molecule has 130 valence electrons. The Morgan fingerprint density at radius 2 is 1.44 bits per heavy atom. The van der Waals surface area contributed by atoms with Crippen LogP contribution in [0.3, 0.4) is 0 Å². The highest BCUT2D eigenvalue weighted by Crippen LogP contribution is 2.32. The van der Waals surface area contributed by atoms with Crippen LogP contribution < -0.4 is 5.32 Å². The van der Waals surface area contributed by atoms with Gasteiger partial charge in [0, 0.05) is 11.6 Å². The summed E-state index contributed by atoms with van der Waals surface area (Å²) in [6.45, 7) is 9.11. The van der Waals surface area contributed by atoms with Gasteiger partial charge in [-0.15, -0.1) is 0 Å². The summed E-state index contributed by atoms with van der Waals surface area (Å²) >= 11 is 0. The molecule has 1 nitrogen and oxygen atoms in total. The van der Waals surface area contributed by atoms with E-state index >= 15 is 0 Å². The number of fused-ring (bicyclic) bond motifs is 1. The topological polar surface area (TPSA) is 12.0 Å². The second-order valence-corrected chi connectivity index (χ2v) is 8.11. The molecule has 25 heavy (non-hydrogen) atoms. The van der Waals surface area contributed by atoms with Crippen molar-refractivity contribution < 1.29 is 0 Å². The minimum absolute atomic E-state index is 0.0621. The lowest BCUT2D eigenvalue weighted by Crippen LogP contribution is -2.41. The van der Waals surface area contributed by atoms with Crippen molar-refractivity contribution >= 4 is 10.8 Å². The quantitative estimate of drug-likeness (QED) is 0.591. The maximum Gasteiger partial charge on any atom is 0.0359 e. The molecule has 1 N–H and O–H groups in total. The SMILES string of the molecule is CC(Cc1ccccc1)C(NC(C)(C)C)c1cccc2ccccc12. The van der Waals surface area contributed by atoms with Crippen LogP contribution in [0.4, 0.5) is 0 Å². The standard InChI is InChI=1S/C24H29N/c1-18(17-19-11-6-5-7-12-19)23(25-24(2,3)4)22-16-10-14-20-13-8-9-15-21(20)22/h5-16,18,23,25H,17H2,1-4H3. The van der Waals surface area contributed by atoms with E-state index in [0.29, 0.717) is 12.0 Å². The zero-order valence-corrected chi connectivity index (χ0v) is 15.8. The van der Waals surface area contributed by atoms with Gasteiger partial charge in [0.1, 0.15) is 0 Å². The normalized spacial score (nSPS) is 14.4. The summed E-state index contributed by atoms with van der Waals surface area (Å²) in [5, 5.41) is 6.55. The second-order valence-electron chi connectivity index (χ2n) is 8.11. The predicted octanol–water partition coefficient (Wildman–Crippen LogP) is 6.15. The predicted molar refractivity (Wildman–Crippen MR) is 109 cm³/mol. The van der Waals surface area contributed by atoms with E-state index in [1.54, 1.807) is 0 Å². The van der Waals surface area contributed by atoms with Gasteiger partial charge in [0.2, 0.25) is 0 Å².